The monoisotopic (exact) mass is 664 g/mol. The van der Waals surface area contributed by atoms with E-state index in [4.69, 9.17) is 51.3 Å². The SMILES string of the molecule is OC[C@H]1OC(O)[C@@H](O)[C@@H](O)[C@@H]1O.[N-]=[N+]=Nc1nc2c(=O)[nH]c(N)nc2n1[C@@H]1O[C@H](COP(=O)(O)OP(=O)(O)O)[C@@H](O)[C@H]1O. The largest absolute Gasteiger partial charge is 0.481 e. The van der Waals surface area contributed by atoms with Crippen molar-refractivity contribution in [2.45, 2.75) is 55.2 Å². The van der Waals surface area contributed by atoms with E-state index < -0.39 is 95.6 Å². The molecule has 2 aromatic rings. The molecular formula is C16H26N8O17P2. The first-order valence-electron chi connectivity index (χ1n) is 11.5. The molecule has 2 aromatic heterocycles. The molecule has 0 bridgehead atoms. The molecule has 2 fully saturated rings. The Morgan fingerprint density at radius 1 is 1.00 bits per heavy atom. The number of ether oxygens (including phenoxy) is 2. The molecule has 2 saturated heterocycles. The molecule has 2 aliphatic heterocycles. The Morgan fingerprint density at radius 3 is 2.21 bits per heavy atom. The third-order valence-electron chi connectivity index (χ3n) is 5.75. The summed E-state index contributed by atoms with van der Waals surface area (Å²) < 4.78 is 41.0. The maximum atomic E-state index is 12.0. The van der Waals surface area contributed by atoms with Gasteiger partial charge in [-0.05, 0) is 10.6 Å². The number of aromatic nitrogens is 4. The van der Waals surface area contributed by atoms with Crippen LogP contribution in [0.5, 0.6) is 0 Å². The lowest BCUT2D eigenvalue weighted by atomic mass is 10.00. The topological polar surface area (TPSA) is 412 Å². The minimum atomic E-state index is -5.38. The average Bonchev–Trinajstić information content (AvgIpc) is 3.39. The Morgan fingerprint density at radius 2 is 1.63 bits per heavy atom. The van der Waals surface area contributed by atoms with Crippen LogP contribution in [0, 0.1) is 0 Å². The number of H-pyrrole nitrogens is 1. The maximum Gasteiger partial charge on any atom is 0.481 e. The number of nitrogens with two attached hydrogens (primary N) is 1. The van der Waals surface area contributed by atoms with E-state index in [-0.39, 0.29) is 17.1 Å². The Hall–Kier alpha value is -2.64. The van der Waals surface area contributed by atoms with Gasteiger partial charge in [0.1, 0.15) is 42.7 Å². The normalized spacial score (nSPS) is 32.5. The van der Waals surface area contributed by atoms with Crippen molar-refractivity contribution in [2.75, 3.05) is 18.9 Å². The van der Waals surface area contributed by atoms with Gasteiger partial charge < -0.3 is 65.6 Å². The lowest BCUT2D eigenvalue weighted by Gasteiger charge is -2.37. The number of hydrogen-bond donors (Lipinski definition) is 12. The highest BCUT2D eigenvalue weighted by Gasteiger charge is 2.47. The predicted octanol–water partition coefficient (Wildman–Crippen LogP) is -4.73. The van der Waals surface area contributed by atoms with E-state index in [1.165, 1.54) is 0 Å². The van der Waals surface area contributed by atoms with Crippen LogP contribution in [0.15, 0.2) is 9.91 Å². The van der Waals surface area contributed by atoms with E-state index in [0.717, 1.165) is 4.57 Å². The Bertz CT molecular complexity index is 1490. The van der Waals surface area contributed by atoms with E-state index in [1.807, 2.05) is 0 Å². The number of rotatable bonds is 8. The third kappa shape index (κ3) is 8.10. The van der Waals surface area contributed by atoms with Crippen molar-refractivity contribution in [1.29, 1.82) is 0 Å². The third-order valence-corrected chi connectivity index (χ3v) is 7.91. The number of nitrogens with zero attached hydrogens (tertiary/aromatic N) is 6. The number of azide groups is 1. The van der Waals surface area contributed by atoms with Crippen LogP contribution in [0.4, 0.5) is 11.9 Å². The average molecular weight is 664 g/mol. The van der Waals surface area contributed by atoms with E-state index in [0.29, 0.717) is 0 Å². The summed E-state index contributed by atoms with van der Waals surface area (Å²) in [7, 11) is -10.6. The van der Waals surface area contributed by atoms with Crippen molar-refractivity contribution in [3.8, 4) is 0 Å². The van der Waals surface area contributed by atoms with Gasteiger partial charge in [0, 0.05) is 4.91 Å². The summed E-state index contributed by atoms with van der Waals surface area (Å²) in [4.78, 5) is 50.8. The zero-order chi connectivity index (χ0) is 32.4. The number of nitrogens with one attached hydrogen (secondary N) is 1. The first-order valence-corrected chi connectivity index (χ1v) is 14.5. The summed E-state index contributed by atoms with van der Waals surface area (Å²) in [6.45, 7) is -1.50. The number of phosphoric acid groups is 2. The lowest BCUT2D eigenvalue weighted by molar-refractivity contribution is -0.286. The summed E-state index contributed by atoms with van der Waals surface area (Å²) >= 11 is 0. The molecule has 0 amide bonds. The fourth-order valence-corrected chi connectivity index (χ4v) is 5.42. The van der Waals surface area contributed by atoms with Crippen LogP contribution < -0.4 is 11.3 Å². The molecule has 0 radical (unpaired) electrons. The first kappa shape index (κ1) is 34.8. The summed E-state index contributed by atoms with van der Waals surface area (Å²) in [5.41, 5.74) is 12.8. The second-order valence-corrected chi connectivity index (χ2v) is 11.5. The van der Waals surface area contributed by atoms with Crippen molar-refractivity contribution < 1.29 is 77.9 Å². The lowest BCUT2D eigenvalue weighted by Crippen LogP contribution is -2.58. The minimum Gasteiger partial charge on any atom is -0.394 e. The second-order valence-electron chi connectivity index (χ2n) is 8.70. The zero-order valence-corrected chi connectivity index (χ0v) is 22.9. The molecule has 43 heavy (non-hydrogen) atoms. The zero-order valence-electron chi connectivity index (χ0n) is 21.1. The van der Waals surface area contributed by atoms with Crippen LogP contribution in [0.3, 0.4) is 0 Å². The number of aliphatic hydroxyl groups excluding tert-OH is 7. The highest BCUT2D eigenvalue weighted by Crippen LogP contribution is 2.57. The molecule has 0 saturated carbocycles. The van der Waals surface area contributed by atoms with Crippen LogP contribution in [0.1, 0.15) is 6.23 Å². The van der Waals surface area contributed by atoms with Gasteiger partial charge in [0.05, 0.1) is 13.2 Å². The highest BCUT2D eigenvalue weighted by atomic mass is 31.3. The van der Waals surface area contributed by atoms with Gasteiger partial charge in [-0.1, -0.05) is 0 Å². The standard InChI is InChI=1S/C10H14N8O11P2.C6H12O6/c11-9-14-6-3(7(21)15-9)13-10(16-17-12)18(6)8-5(20)4(19)2(28-8)1-27-31(25,26)29-30(22,23)24;7-1-2-3(8)4(9)5(10)6(11)12-2/h2,4-5,8,19-20H,1H2,(H,25,26)(H2,22,23,24)(H3,11,14,15,21);2-11H,1H2/t2-,4-,5-,8-;2-,3-,4+,5+,6?/m11/s1. The van der Waals surface area contributed by atoms with Crippen LogP contribution >= 0.6 is 15.6 Å². The van der Waals surface area contributed by atoms with Gasteiger partial charge in [0.2, 0.25) is 11.9 Å². The molecule has 2 aliphatic rings. The molecule has 25 nitrogen and oxygen atoms in total. The summed E-state index contributed by atoms with van der Waals surface area (Å²) in [6, 6.07) is 0. The van der Waals surface area contributed by atoms with E-state index in [1.54, 1.807) is 0 Å². The molecule has 0 aliphatic carbocycles. The fraction of sp³-hybridized carbons (Fsp3) is 0.688. The number of nitrogen functional groups attached to an aromatic ring is 1. The molecule has 2 unspecified atom stereocenters. The van der Waals surface area contributed by atoms with Crippen LogP contribution in [0.25, 0.3) is 21.6 Å². The van der Waals surface area contributed by atoms with Crippen molar-refractivity contribution in [2.24, 2.45) is 5.11 Å². The smallest absolute Gasteiger partial charge is 0.394 e. The number of hydrogen-bond acceptors (Lipinski definition) is 18. The number of phosphoric ester groups is 1. The van der Waals surface area contributed by atoms with E-state index in [9.17, 15) is 29.0 Å². The Kier molecular flexibility index (Phi) is 11.0. The Labute approximate surface area is 236 Å². The molecule has 4 rings (SSSR count). The van der Waals surface area contributed by atoms with Crippen molar-refractivity contribution >= 4 is 38.7 Å². The quantitative estimate of drug-likeness (QED) is 0.0545. The number of anilines is 1. The van der Waals surface area contributed by atoms with Crippen LogP contribution in [-0.2, 0) is 27.4 Å². The van der Waals surface area contributed by atoms with Crippen LogP contribution in [-0.4, -0.2) is 132 Å². The summed E-state index contributed by atoms with van der Waals surface area (Å²) in [5, 5.41) is 68.5. The first-order chi connectivity index (χ1) is 19.9. The number of imidazole rings is 1. The molecule has 13 N–H and O–H groups in total. The van der Waals surface area contributed by atoms with Crippen molar-refractivity contribution in [1.82, 2.24) is 19.5 Å². The number of fused-ring (bicyclic) bond motifs is 1. The minimum absolute atomic E-state index is 0.279. The molecule has 0 aromatic carbocycles. The molecule has 242 valence electrons. The molecule has 10 atom stereocenters. The maximum absolute atomic E-state index is 12.0. The second kappa shape index (κ2) is 13.6. The fourth-order valence-electron chi connectivity index (χ4n) is 3.82. The van der Waals surface area contributed by atoms with Gasteiger partial charge in [0.15, 0.2) is 23.7 Å². The predicted molar refractivity (Wildman–Crippen MR) is 132 cm³/mol. The molecule has 0 spiro atoms. The van der Waals surface area contributed by atoms with Gasteiger partial charge in [-0.2, -0.15) is 9.29 Å². The van der Waals surface area contributed by atoms with Crippen LogP contribution in [0.2, 0.25) is 0 Å². The number of aromatic amines is 1. The van der Waals surface area contributed by atoms with Gasteiger partial charge >= 0.3 is 15.6 Å². The summed E-state index contributed by atoms with van der Waals surface area (Å²) in [6.07, 6.45) is -13.8. The van der Waals surface area contributed by atoms with Gasteiger partial charge in [-0.25, -0.2) is 14.1 Å². The van der Waals surface area contributed by atoms with Gasteiger partial charge in [0.25, 0.3) is 5.56 Å². The molecule has 4 heterocycles. The van der Waals surface area contributed by atoms with Gasteiger partial charge in [-0.3, -0.25) is 18.9 Å². The molecule has 27 heteroatoms. The van der Waals surface area contributed by atoms with E-state index >= 15 is 0 Å². The Balaban J connectivity index is 0.000000353. The highest BCUT2D eigenvalue weighted by molar-refractivity contribution is 7.60. The molecular weight excluding hydrogens is 638 g/mol. The van der Waals surface area contributed by atoms with Gasteiger partial charge in [-0.15, -0.1) is 0 Å². The van der Waals surface area contributed by atoms with E-state index in [2.05, 4.69) is 38.5 Å². The van der Waals surface area contributed by atoms with Crippen molar-refractivity contribution in [3.63, 3.8) is 0 Å². The summed E-state index contributed by atoms with van der Waals surface area (Å²) in [5.74, 6) is -0.841. The van der Waals surface area contributed by atoms with Crippen molar-refractivity contribution in [3.05, 3.63) is 20.8 Å². The number of aliphatic hydroxyl groups is 7.